The molecule has 30 heavy (non-hydrogen) atoms. The van der Waals surface area contributed by atoms with Crippen molar-refractivity contribution in [2.24, 2.45) is 11.7 Å². The molecule has 1 heterocycles. The molecule has 0 amide bonds. The highest BCUT2D eigenvalue weighted by molar-refractivity contribution is 5.95. The van der Waals surface area contributed by atoms with Gasteiger partial charge in [0, 0.05) is 17.2 Å². The average molecular weight is 399 g/mol. The van der Waals surface area contributed by atoms with E-state index in [2.05, 4.69) is 53.8 Å². The predicted molar refractivity (Wildman–Crippen MR) is 118 cm³/mol. The lowest BCUT2D eigenvalue weighted by molar-refractivity contribution is 0.201. The van der Waals surface area contributed by atoms with E-state index in [4.69, 9.17) is 21.0 Å². The Balaban J connectivity index is 1.56. The molecule has 1 aliphatic heterocycles. The Labute approximate surface area is 176 Å². The van der Waals surface area contributed by atoms with Crippen LogP contribution < -0.4 is 15.8 Å². The highest BCUT2D eigenvalue weighted by Gasteiger charge is 2.43. The van der Waals surface area contributed by atoms with Gasteiger partial charge in [-0.3, -0.25) is 5.41 Å². The summed E-state index contributed by atoms with van der Waals surface area (Å²) in [6.45, 7) is 0.305. The number of nitrogens with two attached hydrogens (primary N) is 1. The topological polar surface area (TPSA) is 91.4 Å². The van der Waals surface area contributed by atoms with E-state index in [-0.39, 0.29) is 24.4 Å². The standard InChI is InChI=1S/C25H25N3O2/c26-25(27)17-7-10-22-20(14-17)23-19-4-2-1-3-16(19)13-21(23)24(28-22)15-5-8-18(9-6-15)30-12-11-29/h1-10,14,21,23-24,28-29H,11-13H2,(H3,26,27). The third-order valence-electron chi connectivity index (χ3n) is 6.31. The summed E-state index contributed by atoms with van der Waals surface area (Å²) in [6, 6.07) is 23.1. The third kappa shape index (κ3) is 3.12. The van der Waals surface area contributed by atoms with Crippen LogP contribution in [0, 0.1) is 11.3 Å². The number of hydrogen-bond donors (Lipinski definition) is 4. The molecular weight excluding hydrogens is 374 g/mol. The maximum absolute atomic E-state index is 8.97. The number of anilines is 1. The Bertz CT molecular complexity index is 1090. The molecule has 0 spiro atoms. The minimum absolute atomic E-state index is 0.00692. The van der Waals surface area contributed by atoms with Crippen molar-refractivity contribution in [2.75, 3.05) is 18.5 Å². The normalized spacial score (nSPS) is 21.2. The van der Waals surface area contributed by atoms with Gasteiger partial charge in [0.15, 0.2) is 0 Å². The molecule has 2 aliphatic rings. The van der Waals surface area contributed by atoms with Crippen LogP contribution in [0.2, 0.25) is 0 Å². The van der Waals surface area contributed by atoms with E-state index >= 15 is 0 Å². The first-order valence-electron chi connectivity index (χ1n) is 10.3. The van der Waals surface area contributed by atoms with Crippen LogP contribution in [0.3, 0.4) is 0 Å². The average Bonchev–Trinajstić information content (AvgIpc) is 3.17. The highest BCUT2D eigenvalue weighted by Crippen LogP contribution is 2.53. The lowest BCUT2D eigenvalue weighted by Gasteiger charge is -2.38. The number of hydrogen-bond acceptors (Lipinski definition) is 4. The second-order valence-corrected chi connectivity index (χ2v) is 8.02. The zero-order valence-corrected chi connectivity index (χ0v) is 16.6. The van der Waals surface area contributed by atoms with Crippen molar-refractivity contribution < 1.29 is 9.84 Å². The summed E-state index contributed by atoms with van der Waals surface area (Å²) in [5.41, 5.74) is 12.9. The number of aliphatic hydroxyl groups is 1. The number of amidine groups is 1. The number of nitrogens with one attached hydrogen (secondary N) is 2. The maximum Gasteiger partial charge on any atom is 0.122 e. The highest BCUT2D eigenvalue weighted by atomic mass is 16.5. The van der Waals surface area contributed by atoms with E-state index in [9.17, 15) is 0 Å². The summed E-state index contributed by atoms with van der Waals surface area (Å²) in [4.78, 5) is 0. The molecule has 1 aliphatic carbocycles. The first-order valence-corrected chi connectivity index (χ1v) is 10.3. The fraction of sp³-hybridized carbons (Fsp3) is 0.240. The molecule has 5 N–H and O–H groups in total. The van der Waals surface area contributed by atoms with E-state index in [1.165, 1.54) is 22.3 Å². The van der Waals surface area contributed by atoms with Gasteiger partial charge in [-0.2, -0.15) is 0 Å². The smallest absolute Gasteiger partial charge is 0.122 e. The van der Waals surface area contributed by atoms with Crippen LogP contribution in [0.4, 0.5) is 5.69 Å². The van der Waals surface area contributed by atoms with Crippen molar-refractivity contribution >= 4 is 11.5 Å². The van der Waals surface area contributed by atoms with Gasteiger partial charge in [-0.25, -0.2) is 0 Å². The van der Waals surface area contributed by atoms with Crippen molar-refractivity contribution in [1.29, 1.82) is 5.41 Å². The molecule has 0 bridgehead atoms. The molecule has 0 aromatic heterocycles. The van der Waals surface area contributed by atoms with Gasteiger partial charge >= 0.3 is 0 Å². The van der Waals surface area contributed by atoms with Crippen LogP contribution in [0.1, 0.15) is 39.8 Å². The lowest BCUT2D eigenvalue weighted by atomic mass is 9.75. The van der Waals surface area contributed by atoms with Crippen LogP contribution in [0.5, 0.6) is 5.75 Å². The summed E-state index contributed by atoms with van der Waals surface area (Å²) in [5.74, 6) is 1.51. The Morgan fingerprint density at radius 3 is 2.63 bits per heavy atom. The molecule has 3 unspecified atom stereocenters. The van der Waals surface area contributed by atoms with E-state index in [1.807, 2.05) is 18.2 Å². The molecule has 5 rings (SSSR count). The number of fused-ring (bicyclic) bond motifs is 5. The number of rotatable bonds is 5. The van der Waals surface area contributed by atoms with Crippen molar-refractivity contribution in [3.63, 3.8) is 0 Å². The van der Waals surface area contributed by atoms with Gasteiger partial charge < -0.3 is 20.9 Å². The molecule has 0 fully saturated rings. The van der Waals surface area contributed by atoms with E-state index in [1.54, 1.807) is 0 Å². The second kappa shape index (κ2) is 7.50. The molecule has 3 atom stereocenters. The molecule has 3 aromatic carbocycles. The van der Waals surface area contributed by atoms with Crippen molar-refractivity contribution in [2.45, 2.75) is 18.4 Å². The van der Waals surface area contributed by atoms with Gasteiger partial charge in [0.2, 0.25) is 0 Å². The second-order valence-electron chi connectivity index (χ2n) is 8.02. The molecule has 0 radical (unpaired) electrons. The van der Waals surface area contributed by atoms with E-state index < -0.39 is 0 Å². The van der Waals surface area contributed by atoms with Crippen molar-refractivity contribution in [3.8, 4) is 5.75 Å². The van der Waals surface area contributed by atoms with E-state index in [0.29, 0.717) is 12.5 Å². The zero-order chi connectivity index (χ0) is 20.7. The molecule has 3 aromatic rings. The van der Waals surface area contributed by atoms with Gasteiger partial charge in [-0.15, -0.1) is 0 Å². The minimum Gasteiger partial charge on any atom is -0.491 e. The number of ether oxygens (including phenoxy) is 1. The van der Waals surface area contributed by atoms with Crippen LogP contribution >= 0.6 is 0 Å². The quantitative estimate of drug-likeness (QED) is 0.388. The van der Waals surface area contributed by atoms with Gasteiger partial charge in [-0.1, -0.05) is 36.4 Å². The summed E-state index contributed by atoms with van der Waals surface area (Å²) < 4.78 is 5.52. The Morgan fingerprint density at radius 2 is 1.87 bits per heavy atom. The summed E-state index contributed by atoms with van der Waals surface area (Å²) in [6.07, 6.45) is 1.00. The van der Waals surface area contributed by atoms with Gasteiger partial charge in [-0.05, 0) is 64.9 Å². The first kappa shape index (κ1) is 18.7. The number of benzene rings is 3. The third-order valence-corrected chi connectivity index (χ3v) is 6.31. The Morgan fingerprint density at radius 1 is 1.07 bits per heavy atom. The molecule has 0 saturated heterocycles. The molecule has 152 valence electrons. The summed E-state index contributed by atoms with van der Waals surface area (Å²) >= 11 is 0. The number of aliphatic hydroxyl groups excluding tert-OH is 1. The van der Waals surface area contributed by atoms with Gasteiger partial charge in [0.1, 0.15) is 18.2 Å². The SMILES string of the molecule is N=C(N)c1ccc2c(c1)C1c3ccccc3CC1C(c1ccc(OCCO)cc1)N2. The van der Waals surface area contributed by atoms with E-state index in [0.717, 1.165) is 23.4 Å². The molecule has 5 nitrogen and oxygen atoms in total. The fourth-order valence-electron chi connectivity index (χ4n) is 4.99. The Kier molecular flexibility index (Phi) is 4.68. The largest absolute Gasteiger partial charge is 0.491 e. The zero-order valence-electron chi connectivity index (χ0n) is 16.6. The first-order chi connectivity index (χ1) is 14.7. The lowest BCUT2D eigenvalue weighted by Crippen LogP contribution is -2.30. The van der Waals surface area contributed by atoms with Crippen LogP contribution in [0.25, 0.3) is 0 Å². The minimum atomic E-state index is 0.00692. The molecular formula is C25H25N3O2. The van der Waals surface area contributed by atoms with Crippen molar-refractivity contribution in [1.82, 2.24) is 0 Å². The van der Waals surface area contributed by atoms with Gasteiger partial charge in [0.25, 0.3) is 0 Å². The van der Waals surface area contributed by atoms with Crippen LogP contribution in [-0.4, -0.2) is 24.2 Å². The number of nitrogen functional groups attached to an aromatic ring is 1. The predicted octanol–water partition coefficient (Wildman–Crippen LogP) is 3.81. The van der Waals surface area contributed by atoms with Crippen LogP contribution in [-0.2, 0) is 6.42 Å². The monoisotopic (exact) mass is 399 g/mol. The van der Waals surface area contributed by atoms with Crippen molar-refractivity contribution in [3.05, 3.63) is 94.5 Å². The fourth-order valence-corrected chi connectivity index (χ4v) is 4.99. The van der Waals surface area contributed by atoms with Crippen LogP contribution in [0.15, 0.2) is 66.7 Å². The molecule has 0 saturated carbocycles. The maximum atomic E-state index is 8.97. The Hall–Kier alpha value is -3.31. The molecule has 5 heteroatoms. The summed E-state index contributed by atoms with van der Waals surface area (Å²) in [7, 11) is 0. The van der Waals surface area contributed by atoms with Gasteiger partial charge in [0.05, 0.1) is 12.6 Å². The summed E-state index contributed by atoms with van der Waals surface area (Å²) in [5, 5.41) is 20.6.